The number of anilines is 1. The molecule has 1 fully saturated rings. The van der Waals surface area contributed by atoms with Crippen molar-refractivity contribution in [2.75, 3.05) is 11.9 Å². The first-order valence-electron chi connectivity index (χ1n) is 5.80. The third kappa shape index (κ3) is 2.87. The van der Waals surface area contributed by atoms with Gasteiger partial charge in [-0.2, -0.15) is 0 Å². The summed E-state index contributed by atoms with van der Waals surface area (Å²) in [5.41, 5.74) is 0.848. The predicted octanol–water partition coefficient (Wildman–Crippen LogP) is 0.978. The van der Waals surface area contributed by atoms with E-state index in [0.29, 0.717) is 17.8 Å². The van der Waals surface area contributed by atoms with E-state index >= 15 is 0 Å². The number of amides is 2. The van der Waals surface area contributed by atoms with E-state index in [1.807, 2.05) is 0 Å². The molecular weight excluding hydrogens is 250 g/mol. The lowest BCUT2D eigenvalue weighted by Gasteiger charge is -2.09. The maximum Gasteiger partial charge on any atom is 0.274 e. The second kappa shape index (κ2) is 5.05. The minimum absolute atomic E-state index is 0.0431. The Morgan fingerprint density at radius 2 is 2.26 bits per heavy atom. The number of carbonyl (C=O) groups is 2. The van der Waals surface area contributed by atoms with Gasteiger partial charge in [-0.25, -0.2) is 0 Å². The highest BCUT2D eigenvalue weighted by molar-refractivity contribution is 5.97. The molecule has 1 aliphatic rings. The number of hydrogen-bond acceptors (Lipinski definition) is 4. The Hall–Kier alpha value is -2.44. The van der Waals surface area contributed by atoms with E-state index in [1.54, 1.807) is 19.1 Å². The van der Waals surface area contributed by atoms with Gasteiger partial charge < -0.3 is 10.6 Å². The van der Waals surface area contributed by atoms with Crippen LogP contribution >= 0.6 is 0 Å². The van der Waals surface area contributed by atoms with Gasteiger partial charge in [-0.15, -0.1) is 0 Å². The molecule has 2 N–H and O–H groups in total. The Bertz CT molecular complexity index is 556. The molecule has 1 unspecified atom stereocenters. The molecule has 1 atom stereocenters. The number of carbonyl (C=O) groups excluding carboxylic acids is 2. The minimum Gasteiger partial charge on any atom is -0.355 e. The van der Waals surface area contributed by atoms with Gasteiger partial charge >= 0.3 is 0 Å². The van der Waals surface area contributed by atoms with Crippen LogP contribution in [0.4, 0.5) is 11.4 Å². The molecule has 7 heteroatoms. The Morgan fingerprint density at radius 3 is 2.84 bits per heavy atom. The molecular formula is C12H13N3O4. The van der Waals surface area contributed by atoms with E-state index in [4.69, 9.17) is 0 Å². The van der Waals surface area contributed by atoms with Crippen LogP contribution < -0.4 is 10.6 Å². The van der Waals surface area contributed by atoms with Crippen molar-refractivity contribution < 1.29 is 14.5 Å². The number of nitro benzene ring substituents is 1. The highest BCUT2D eigenvalue weighted by Gasteiger charge is 2.28. The van der Waals surface area contributed by atoms with Crippen LogP contribution in [0.15, 0.2) is 18.2 Å². The molecule has 1 saturated heterocycles. The number of rotatable bonds is 3. The molecule has 2 rings (SSSR count). The summed E-state index contributed by atoms with van der Waals surface area (Å²) in [5, 5.41) is 16.0. The Balaban J connectivity index is 2.11. The van der Waals surface area contributed by atoms with Crippen molar-refractivity contribution in [1.29, 1.82) is 0 Å². The Kier molecular flexibility index (Phi) is 3.46. The average molecular weight is 263 g/mol. The van der Waals surface area contributed by atoms with Crippen LogP contribution in [0.1, 0.15) is 12.0 Å². The fourth-order valence-corrected chi connectivity index (χ4v) is 1.92. The molecule has 0 spiro atoms. The van der Waals surface area contributed by atoms with E-state index in [0.717, 1.165) is 0 Å². The number of hydrogen-bond donors (Lipinski definition) is 2. The van der Waals surface area contributed by atoms with Gasteiger partial charge in [-0.05, 0) is 13.0 Å². The quantitative estimate of drug-likeness (QED) is 0.626. The lowest BCUT2D eigenvalue weighted by atomic mass is 10.1. The first-order valence-corrected chi connectivity index (χ1v) is 5.80. The van der Waals surface area contributed by atoms with Crippen LogP contribution in [-0.4, -0.2) is 23.3 Å². The molecule has 1 aromatic rings. The second-order valence-corrected chi connectivity index (χ2v) is 4.45. The van der Waals surface area contributed by atoms with Gasteiger partial charge in [0.1, 0.15) is 0 Å². The van der Waals surface area contributed by atoms with E-state index in [9.17, 15) is 19.7 Å². The summed E-state index contributed by atoms with van der Waals surface area (Å²) in [6.07, 6.45) is 0.153. The second-order valence-electron chi connectivity index (χ2n) is 4.45. The van der Waals surface area contributed by atoms with E-state index in [2.05, 4.69) is 10.6 Å². The molecule has 0 bridgehead atoms. The Labute approximate surface area is 109 Å². The number of nitro groups is 1. The molecule has 19 heavy (non-hydrogen) atoms. The van der Waals surface area contributed by atoms with Gasteiger partial charge in [-0.1, -0.05) is 6.07 Å². The highest BCUT2D eigenvalue weighted by atomic mass is 16.6. The Morgan fingerprint density at radius 1 is 1.53 bits per heavy atom. The van der Waals surface area contributed by atoms with Crippen LogP contribution in [0.5, 0.6) is 0 Å². The fourth-order valence-electron chi connectivity index (χ4n) is 1.92. The summed E-state index contributed by atoms with van der Waals surface area (Å²) in [6, 6.07) is 4.49. The van der Waals surface area contributed by atoms with E-state index in [-0.39, 0.29) is 23.9 Å². The molecule has 7 nitrogen and oxygen atoms in total. The van der Waals surface area contributed by atoms with Crippen LogP contribution in [0, 0.1) is 23.0 Å². The molecule has 0 aliphatic carbocycles. The van der Waals surface area contributed by atoms with Gasteiger partial charge in [0, 0.05) is 30.3 Å². The highest BCUT2D eigenvalue weighted by Crippen LogP contribution is 2.23. The minimum atomic E-state index is -0.494. The third-order valence-corrected chi connectivity index (χ3v) is 3.02. The van der Waals surface area contributed by atoms with Crippen LogP contribution in [0.3, 0.4) is 0 Å². The fraction of sp³-hybridized carbons (Fsp3) is 0.333. The van der Waals surface area contributed by atoms with Crippen molar-refractivity contribution in [3.8, 4) is 0 Å². The summed E-state index contributed by atoms with van der Waals surface area (Å²) in [5.74, 6) is -0.889. The predicted molar refractivity (Wildman–Crippen MR) is 67.6 cm³/mol. The molecule has 2 amide bonds. The largest absolute Gasteiger partial charge is 0.355 e. The first kappa shape index (κ1) is 13.0. The molecule has 1 aromatic carbocycles. The number of nitrogens with zero attached hydrogens (tertiary/aromatic N) is 1. The van der Waals surface area contributed by atoms with Gasteiger partial charge in [0.15, 0.2) is 0 Å². The SMILES string of the molecule is Cc1ccc(NC(=O)C2CNC(=O)C2)cc1[N+](=O)[O-]. The molecule has 100 valence electrons. The molecule has 1 heterocycles. The van der Waals surface area contributed by atoms with Crippen molar-refractivity contribution in [3.63, 3.8) is 0 Å². The van der Waals surface area contributed by atoms with Crippen molar-refractivity contribution in [2.45, 2.75) is 13.3 Å². The zero-order valence-corrected chi connectivity index (χ0v) is 10.3. The van der Waals surface area contributed by atoms with Gasteiger partial charge in [0.2, 0.25) is 11.8 Å². The zero-order valence-electron chi connectivity index (χ0n) is 10.3. The lowest BCUT2D eigenvalue weighted by Crippen LogP contribution is -2.24. The summed E-state index contributed by atoms with van der Waals surface area (Å²) >= 11 is 0. The summed E-state index contributed by atoms with van der Waals surface area (Å²) in [6.45, 7) is 1.93. The zero-order chi connectivity index (χ0) is 14.0. The average Bonchev–Trinajstić information content (AvgIpc) is 2.78. The summed E-state index contributed by atoms with van der Waals surface area (Å²) in [4.78, 5) is 33.2. The lowest BCUT2D eigenvalue weighted by molar-refractivity contribution is -0.385. The monoisotopic (exact) mass is 263 g/mol. The third-order valence-electron chi connectivity index (χ3n) is 3.02. The first-order chi connectivity index (χ1) is 8.97. The van der Waals surface area contributed by atoms with Gasteiger partial charge in [0.25, 0.3) is 5.69 Å². The maximum atomic E-state index is 11.9. The molecule has 0 aromatic heterocycles. The molecule has 0 saturated carbocycles. The molecule has 0 radical (unpaired) electrons. The van der Waals surface area contributed by atoms with Gasteiger partial charge in [0.05, 0.1) is 10.8 Å². The standard InChI is InChI=1S/C12H13N3O4/c1-7-2-3-9(5-10(7)15(18)19)14-12(17)8-4-11(16)13-6-8/h2-3,5,8H,4,6H2,1H3,(H,13,16)(H,14,17). The van der Waals surface area contributed by atoms with E-state index in [1.165, 1.54) is 6.07 Å². The van der Waals surface area contributed by atoms with Crippen LogP contribution in [-0.2, 0) is 9.59 Å². The van der Waals surface area contributed by atoms with Crippen molar-refractivity contribution in [2.24, 2.45) is 5.92 Å². The number of benzene rings is 1. The maximum absolute atomic E-state index is 11.9. The van der Waals surface area contributed by atoms with Crippen molar-refractivity contribution in [1.82, 2.24) is 5.32 Å². The number of aryl methyl sites for hydroxylation is 1. The van der Waals surface area contributed by atoms with Crippen LogP contribution in [0.25, 0.3) is 0 Å². The number of nitrogens with one attached hydrogen (secondary N) is 2. The van der Waals surface area contributed by atoms with Crippen LogP contribution in [0.2, 0.25) is 0 Å². The summed E-state index contributed by atoms with van der Waals surface area (Å²) < 4.78 is 0. The van der Waals surface area contributed by atoms with Crippen molar-refractivity contribution >= 4 is 23.2 Å². The van der Waals surface area contributed by atoms with Crippen molar-refractivity contribution in [3.05, 3.63) is 33.9 Å². The topological polar surface area (TPSA) is 101 Å². The van der Waals surface area contributed by atoms with Gasteiger partial charge in [-0.3, -0.25) is 19.7 Å². The van der Waals surface area contributed by atoms with E-state index < -0.39 is 10.8 Å². The normalized spacial score (nSPS) is 17.9. The summed E-state index contributed by atoms with van der Waals surface area (Å²) in [7, 11) is 0. The molecule has 1 aliphatic heterocycles. The smallest absolute Gasteiger partial charge is 0.274 e.